The zero-order valence-corrected chi connectivity index (χ0v) is 16.6. The highest BCUT2D eigenvalue weighted by Gasteiger charge is 2.29. The lowest BCUT2D eigenvalue weighted by Crippen LogP contribution is -2.19. The number of benzene rings is 1. The van der Waals surface area contributed by atoms with E-state index < -0.39 is 18.6 Å². The Morgan fingerprint density at radius 2 is 1.93 bits per heavy atom. The molecule has 0 aliphatic rings. The van der Waals surface area contributed by atoms with E-state index in [-0.39, 0.29) is 0 Å². The first-order valence-electron chi connectivity index (χ1n) is 9.14. The van der Waals surface area contributed by atoms with Crippen LogP contribution in [-0.4, -0.2) is 32.4 Å². The Hall–Kier alpha value is -3.10. The van der Waals surface area contributed by atoms with Crippen molar-refractivity contribution in [1.82, 2.24) is 19.5 Å². The first-order valence-corrected chi connectivity index (χ1v) is 9.14. The average Bonchev–Trinajstić information content (AvgIpc) is 3.09. The summed E-state index contributed by atoms with van der Waals surface area (Å²) in [5, 5.41) is 3.90. The fourth-order valence-electron chi connectivity index (χ4n) is 3.40. The molecule has 0 saturated heterocycles. The summed E-state index contributed by atoms with van der Waals surface area (Å²) in [7, 11) is 0. The first-order chi connectivity index (χ1) is 13.6. The highest BCUT2D eigenvalue weighted by atomic mass is 19.4. The van der Waals surface area contributed by atoms with Crippen LogP contribution in [0, 0.1) is 20.8 Å². The van der Waals surface area contributed by atoms with E-state index in [1.807, 2.05) is 24.5 Å². The molecule has 1 aromatic carbocycles. The second kappa shape index (κ2) is 7.73. The van der Waals surface area contributed by atoms with Gasteiger partial charge in [-0.2, -0.15) is 18.3 Å². The molecule has 2 aromatic heterocycles. The molecule has 0 spiro atoms. The summed E-state index contributed by atoms with van der Waals surface area (Å²) in [6, 6.07) is 6.81. The van der Waals surface area contributed by atoms with Crippen LogP contribution in [0.4, 0.5) is 13.2 Å². The van der Waals surface area contributed by atoms with Crippen molar-refractivity contribution in [2.24, 2.45) is 5.10 Å². The zero-order valence-electron chi connectivity index (χ0n) is 16.6. The van der Waals surface area contributed by atoms with Crippen molar-refractivity contribution in [2.45, 2.75) is 47.0 Å². The van der Waals surface area contributed by atoms with E-state index in [4.69, 9.17) is 0 Å². The van der Waals surface area contributed by atoms with Crippen LogP contribution in [0.1, 0.15) is 40.1 Å². The smallest absolute Gasteiger partial charge is 0.339 e. The third kappa shape index (κ3) is 4.33. The number of hydrazone groups is 1. The van der Waals surface area contributed by atoms with Crippen molar-refractivity contribution in [3.05, 3.63) is 52.6 Å². The Kier molecular flexibility index (Phi) is 5.50. The zero-order chi connectivity index (χ0) is 21.3. The lowest BCUT2D eigenvalue weighted by molar-refractivity contribution is -0.141. The molecule has 6 nitrogen and oxygen atoms in total. The molecule has 29 heavy (non-hydrogen) atoms. The Morgan fingerprint density at radius 1 is 1.21 bits per heavy atom. The minimum atomic E-state index is -4.31. The molecule has 1 N–H and O–H groups in total. The maximum atomic E-state index is 12.7. The third-order valence-electron chi connectivity index (χ3n) is 4.84. The minimum Gasteiger partial charge on any atom is -0.339 e. The van der Waals surface area contributed by atoms with Gasteiger partial charge in [0, 0.05) is 29.1 Å². The van der Waals surface area contributed by atoms with Gasteiger partial charge in [-0.1, -0.05) is 0 Å². The second-order valence-electron chi connectivity index (χ2n) is 6.83. The normalized spacial score (nSPS) is 12.2. The fraction of sp³-hybridized carbons (Fsp3) is 0.350. The van der Waals surface area contributed by atoms with Crippen LogP contribution in [0.2, 0.25) is 0 Å². The van der Waals surface area contributed by atoms with Gasteiger partial charge in [0.15, 0.2) is 0 Å². The molecular formula is C20H22F3N5O. The number of imidazole rings is 1. The van der Waals surface area contributed by atoms with Gasteiger partial charge in [-0.25, -0.2) is 10.4 Å². The van der Waals surface area contributed by atoms with Crippen molar-refractivity contribution in [3.63, 3.8) is 0 Å². The van der Waals surface area contributed by atoms with Gasteiger partial charge in [-0.15, -0.1) is 0 Å². The molecule has 0 fully saturated rings. The lowest BCUT2D eigenvalue weighted by atomic mass is 10.2. The monoisotopic (exact) mass is 405 g/mol. The number of alkyl halides is 3. The maximum Gasteiger partial charge on any atom is 0.406 e. The summed E-state index contributed by atoms with van der Waals surface area (Å²) in [5.74, 6) is 0.447. The molecule has 154 valence electrons. The molecule has 2 heterocycles. The van der Waals surface area contributed by atoms with Crippen LogP contribution < -0.4 is 5.43 Å². The molecule has 1 amide bonds. The van der Waals surface area contributed by atoms with E-state index in [1.54, 1.807) is 32.0 Å². The lowest BCUT2D eigenvalue weighted by Gasteiger charge is -2.12. The van der Waals surface area contributed by atoms with E-state index in [0.717, 1.165) is 23.4 Å². The van der Waals surface area contributed by atoms with Gasteiger partial charge in [0.2, 0.25) is 0 Å². The number of fused-ring (bicyclic) bond motifs is 1. The molecule has 0 unspecified atom stereocenters. The standard InChI is InChI=1S/C20H22F3N5O/c1-5-27-14(4)25-17-9-15(6-7-18(17)27)19(29)26-24-10-16-8-12(2)28(13(16)3)11-20(21,22)23/h6-10H,5,11H2,1-4H3,(H,26,29). The Balaban J connectivity index is 1.75. The number of hydrogen-bond donors (Lipinski definition) is 1. The van der Waals surface area contributed by atoms with Crippen LogP contribution in [0.15, 0.2) is 29.4 Å². The molecular weight excluding hydrogens is 383 g/mol. The molecule has 0 saturated carbocycles. The van der Waals surface area contributed by atoms with Crippen molar-refractivity contribution < 1.29 is 18.0 Å². The van der Waals surface area contributed by atoms with Crippen LogP contribution in [0.3, 0.4) is 0 Å². The quantitative estimate of drug-likeness (QED) is 0.513. The van der Waals surface area contributed by atoms with Gasteiger partial charge in [0.1, 0.15) is 12.4 Å². The topological polar surface area (TPSA) is 64.2 Å². The van der Waals surface area contributed by atoms with E-state index in [2.05, 4.69) is 15.5 Å². The first kappa shape index (κ1) is 20.6. The van der Waals surface area contributed by atoms with Gasteiger partial charge in [0.05, 0.1) is 17.2 Å². The Bertz CT molecular complexity index is 1090. The summed E-state index contributed by atoms with van der Waals surface area (Å²) >= 11 is 0. The number of aryl methyl sites for hydroxylation is 3. The Labute approximate surface area is 166 Å². The molecule has 0 atom stereocenters. The summed E-state index contributed by atoms with van der Waals surface area (Å²) in [5.41, 5.74) is 5.90. The molecule has 3 aromatic rings. The SMILES string of the molecule is CCn1c(C)nc2cc(C(=O)NN=Cc3cc(C)n(CC(F)(F)F)c3C)ccc21. The molecule has 0 aliphatic carbocycles. The number of nitrogens with zero attached hydrogens (tertiary/aromatic N) is 4. The summed E-state index contributed by atoms with van der Waals surface area (Å²) in [4.78, 5) is 16.8. The summed E-state index contributed by atoms with van der Waals surface area (Å²) in [6.07, 6.45) is -2.96. The van der Waals surface area contributed by atoms with Gasteiger partial charge < -0.3 is 9.13 Å². The third-order valence-corrected chi connectivity index (χ3v) is 4.84. The van der Waals surface area contributed by atoms with Crippen molar-refractivity contribution in [2.75, 3.05) is 0 Å². The average molecular weight is 405 g/mol. The number of aromatic nitrogens is 3. The molecule has 3 rings (SSSR count). The molecule has 0 radical (unpaired) electrons. The van der Waals surface area contributed by atoms with Crippen LogP contribution >= 0.6 is 0 Å². The van der Waals surface area contributed by atoms with Crippen molar-refractivity contribution >= 4 is 23.2 Å². The highest BCUT2D eigenvalue weighted by Crippen LogP contribution is 2.22. The number of carbonyl (C=O) groups is 1. The van der Waals surface area contributed by atoms with Crippen molar-refractivity contribution in [3.8, 4) is 0 Å². The van der Waals surface area contributed by atoms with Gasteiger partial charge in [0.25, 0.3) is 5.91 Å². The largest absolute Gasteiger partial charge is 0.406 e. The van der Waals surface area contributed by atoms with E-state index in [9.17, 15) is 18.0 Å². The summed E-state index contributed by atoms with van der Waals surface area (Å²) in [6.45, 7) is 6.83. The van der Waals surface area contributed by atoms with Crippen molar-refractivity contribution in [1.29, 1.82) is 0 Å². The van der Waals surface area contributed by atoms with Gasteiger partial charge in [-0.05, 0) is 52.0 Å². The predicted octanol–water partition coefficient (Wildman–Crippen LogP) is 4.11. The maximum absolute atomic E-state index is 12.7. The van der Waals surface area contributed by atoms with Crippen LogP contribution in [-0.2, 0) is 13.1 Å². The van der Waals surface area contributed by atoms with E-state index in [0.29, 0.717) is 22.5 Å². The predicted molar refractivity (Wildman–Crippen MR) is 105 cm³/mol. The number of rotatable bonds is 5. The molecule has 0 bridgehead atoms. The number of halogens is 3. The van der Waals surface area contributed by atoms with E-state index in [1.165, 1.54) is 10.8 Å². The Morgan fingerprint density at radius 3 is 2.59 bits per heavy atom. The van der Waals surface area contributed by atoms with Crippen LogP contribution in [0.5, 0.6) is 0 Å². The number of carbonyl (C=O) groups excluding carboxylic acids is 1. The summed E-state index contributed by atoms with van der Waals surface area (Å²) < 4.78 is 41.3. The number of nitrogens with one attached hydrogen (secondary N) is 1. The number of amides is 1. The minimum absolute atomic E-state index is 0.401. The molecule has 0 aliphatic heterocycles. The van der Waals surface area contributed by atoms with E-state index >= 15 is 0 Å². The second-order valence-corrected chi connectivity index (χ2v) is 6.83. The number of hydrogen-bond acceptors (Lipinski definition) is 3. The highest BCUT2D eigenvalue weighted by molar-refractivity contribution is 5.98. The van der Waals surface area contributed by atoms with Gasteiger partial charge >= 0.3 is 6.18 Å². The fourth-order valence-corrected chi connectivity index (χ4v) is 3.40. The molecule has 9 heteroatoms. The van der Waals surface area contributed by atoms with Gasteiger partial charge in [-0.3, -0.25) is 4.79 Å². The van der Waals surface area contributed by atoms with Crippen LogP contribution in [0.25, 0.3) is 11.0 Å².